The zero-order valence-electron chi connectivity index (χ0n) is 17.5. The molecule has 1 amide bonds. The van der Waals surface area contributed by atoms with Gasteiger partial charge in [-0.05, 0) is 62.5 Å². The molecule has 30 heavy (non-hydrogen) atoms. The first-order valence-electron chi connectivity index (χ1n) is 10.5. The van der Waals surface area contributed by atoms with E-state index in [0.29, 0.717) is 5.75 Å². The molecule has 1 N–H and O–H groups in total. The lowest BCUT2D eigenvalue weighted by Crippen LogP contribution is -2.35. The smallest absolute Gasteiger partial charge is 0.265 e. The van der Waals surface area contributed by atoms with Gasteiger partial charge in [0, 0.05) is 24.2 Å². The van der Waals surface area contributed by atoms with E-state index in [2.05, 4.69) is 17.3 Å². The van der Waals surface area contributed by atoms with Crippen LogP contribution in [0.4, 0.5) is 5.69 Å². The van der Waals surface area contributed by atoms with Crippen molar-refractivity contribution in [2.75, 3.05) is 25.5 Å². The van der Waals surface area contributed by atoms with Crippen molar-refractivity contribution in [1.82, 2.24) is 4.90 Å². The molecule has 3 aromatic carbocycles. The third kappa shape index (κ3) is 4.92. The van der Waals surface area contributed by atoms with E-state index in [1.54, 1.807) is 6.92 Å². The normalized spacial score (nSPS) is 16.2. The van der Waals surface area contributed by atoms with Crippen LogP contribution in [0.2, 0.25) is 0 Å². The topological polar surface area (TPSA) is 50.8 Å². The van der Waals surface area contributed by atoms with Gasteiger partial charge in [-0.15, -0.1) is 0 Å². The number of rotatable bonds is 6. The molecule has 1 fully saturated rings. The number of benzene rings is 3. The number of hydrogen-bond acceptors (Lipinski definition) is 4. The Hall–Kier alpha value is -3.05. The summed E-state index contributed by atoms with van der Waals surface area (Å²) in [6.45, 7) is 3.88. The van der Waals surface area contributed by atoms with E-state index in [4.69, 9.17) is 9.47 Å². The van der Waals surface area contributed by atoms with Crippen molar-refractivity contribution in [3.63, 3.8) is 0 Å². The fourth-order valence-electron chi connectivity index (χ4n) is 3.70. The summed E-state index contributed by atoms with van der Waals surface area (Å²) < 4.78 is 12.0. The van der Waals surface area contributed by atoms with Crippen LogP contribution in [-0.2, 0) is 4.79 Å². The van der Waals surface area contributed by atoms with Crippen molar-refractivity contribution < 1.29 is 14.3 Å². The quantitative estimate of drug-likeness (QED) is 0.646. The molecule has 0 aliphatic carbocycles. The number of ether oxygens (including phenoxy) is 2. The summed E-state index contributed by atoms with van der Waals surface area (Å²) in [6, 6.07) is 21.4. The minimum atomic E-state index is -0.619. The van der Waals surface area contributed by atoms with E-state index in [1.807, 2.05) is 66.7 Å². The van der Waals surface area contributed by atoms with Crippen molar-refractivity contribution in [2.24, 2.45) is 0 Å². The van der Waals surface area contributed by atoms with Crippen LogP contribution in [0.1, 0.15) is 19.8 Å². The van der Waals surface area contributed by atoms with Crippen molar-refractivity contribution in [2.45, 2.75) is 32.0 Å². The van der Waals surface area contributed by atoms with Crippen LogP contribution in [0.15, 0.2) is 66.7 Å². The lowest BCUT2D eigenvalue weighted by Gasteiger charge is -2.29. The average Bonchev–Trinajstić information content (AvgIpc) is 2.77. The molecular formula is C25H28N2O3. The Morgan fingerprint density at radius 3 is 2.47 bits per heavy atom. The lowest BCUT2D eigenvalue weighted by atomic mass is 10.1. The monoisotopic (exact) mass is 404 g/mol. The molecule has 1 saturated heterocycles. The van der Waals surface area contributed by atoms with Crippen LogP contribution in [0.3, 0.4) is 0 Å². The Morgan fingerprint density at radius 2 is 1.70 bits per heavy atom. The van der Waals surface area contributed by atoms with Crippen LogP contribution in [0, 0.1) is 0 Å². The standard InChI is InChI=1S/C25H28N2O3/c1-18(29-24-9-5-7-19-6-3-4-8-23(19)24)25(28)26-20-10-12-21(13-11-20)30-22-14-16-27(2)17-15-22/h3-13,18,22H,14-17H2,1-2H3,(H,26,28)/t18-/m0/s1. The average molecular weight is 405 g/mol. The summed E-state index contributed by atoms with van der Waals surface area (Å²) in [5, 5.41) is 5.00. The zero-order chi connectivity index (χ0) is 20.9. The molecule has 0 radical (unpaired) electrons. The first-order chi connectivity index (χ1) is 14.6. The van der Waals surface area contributed by atoms with E-state index in [0.717, 1.165) is 48.1 Å². The highest BCUT2D eigenvalue weighted by Gasteiger charge is 2.19. The van der Waals surface area contributed by atoms with Crippen LogP contribution < -0.4 is 14.8 Å². The Labute approximate surface area is 177 Å². The Balaban J connectivity index is 1.34. The number of carbonyl (C=O) groups is 1. The van der Waals surface area contributed by atoms with Gasteiger partial charge in [-0.1, -0.05) is 36.4 Å². The third-order valence-electron chi connectivity index (χ3n) is 5.51. The highest BCUT2D eigenvalue weighted by Crippen LogP contribution is 2.26. The molecule has 5 heteroatoms. The first kappa shape index (κ1) is 20.2. The fourth-order valence-corrected chi connectivity index (χ4v) is 3.70. The van der Waals surface area contributed by atoms with Gasteiger partial charge in [0.25, 0.3) is 5.91 Å². The van der Waals surface area contributed by atoms with E-state index in [-0.39, 0.29) is 12.0 Å². The number of hydrogen-bond donors (Lipinski definition) is 1. The maximum atomic E-state index is 12.6. The molecule has 1 heterocycles. The Morgan fingerprint density at radius 1 is 1.00 bits per heavy atom. The predicted molar refractivity (Wildman–Crippen MR) is 120 cm³/mol. The number of nitrogens with zero attached hydrogens (tertiary/aromatic N) is 1. The second kappa shape index (κ2) is 9.18. The minimum absolute atomic E-state index is 0.188. The molecule has 1 aliphatic rings. The predicted octanol–water partition coefficient (Wildman–Crippen LogP) is 4.72. The third-order valence-corrected chi connectivity index (χ3v) is 5.51. The maximum absolute atomic E-state index is 12.6. The number of amides is 1. The number of anilines is 1. The van der Waals surface area contributed by atoms with Crippen LogP contribution in [0.5, 0.6) is 11.5 Å². The summed E-state index contributed by atoms with van der Waals surface area (Å²) in [5.41, 5.74) is 0.726. The van der Waals surface area contributed by atoms with Crippen LogP contribution >= 0.6 is 0 Å². The minimum Gasteiger partial charge on any atom is -0.490 e. The maximum Gasteiger partial charge on any atom is 0.265 e. The summed E-state index contributed by atoms with van der Waals surface area (Å²) >= 11 is 0. The van der Waals surface area contributed by atoms with Gasteiger partial charge in [-0.3, -0.25) is 4.79 Å². The highest BCUT2D eigenvalue weighted by atomic mass is 16.5. The molecule has 3 aromatic rings. The van der Waals surface area contributed by atoms with E-state index >= 15 is 0 Å². The van der Waals surface area contributed by atoms with Gasteiger partial charge in [-0.2, -0.15) is 0 Å². The summed E-state index contributed by atoms with van der Waals surface area (Å²) in [7, 11) is 2.14. The molecule has 5 nitrogen and oxygen atoms in total. The zero-order valence-corrected chi connectivity index (χ0v) is 17.5. The van der Waals surface area contributed by atoms with Gasteiger partial charge in [0.05, 0.1) is 0 Å². The molecule has 4 rings (SSSR count). The highest BCUT2D eigenvalue weighted by molar-refractivity contribution is 5.95. The van der Waals surface area contributed by atoms with Gasteiger partial charge in [0.15, 0.2) is 6.10 Å². The number of piperidine rings is 1. The molecule has 0 unspecified atom stereocenters. The van der Waals surface area contributed by atoms with Gasteiger partial charge >= 0.3 is 0 Å². The summed E-state index contributed by atoms with van der Waals surface area (Å²) in [5.74, 6) is 1.35. The van der Waals surface area contributed by atoms with Crippen LogP contribution in [0.25, 0.3) is 10.8 Å². The van der Waals surface area contributed by atoms with Crippen molar-refractivity contribution >= 4 is 22.4 Å². The number of nitrogens with one attached hydrogen (secondary N) is 1. The molecule has 0 aromatic heterocycles. The van der Waals surface area contributed by atoms with Crippen LogP contribution in [-0.4, -0.2) is 43.2 Å². The fraction of sp³-hybridized carbons (Fsp3) is 0.320. The molecule has 0 bridgehead atoms. The largest absolute Gasteiger partial charge is 0.490 e. The molecule has 156 valence electrons. The molecular weight excluding hydrogens is 376 g/mol. The van der Waals surface area contributed by atoms with E-state index in [9.17, 15) is 4.79 Å². The molecule has 1 atom stereocenters. The second-order valence-electron chi connectivity index (χ2n) is 7.87. The Bertz CT molecular complexity index is 989. The van der Waals surface area contributed by atoms with E-state index < -0.39 is 6.10 Å². The first-order valence-corrected chi connectivity index (χ1v) is 10.5. The summed E-state index contributed by atoms with van der Waals surface area (Å²) in [6.07, 6.45) is 1.72. The molecule has 1 aliphatic heterocycles. The second-order valence-corrected chi connectivity index (χ2v) is 7.87. The number of fused-ring (bicyclic) bond motifs is 1. The van der Waals surface area contributed by atoms with E-state index in [1.165, 1.54) is 0 Å². The summed E-state index contributed by atoms with van der Waals surface area (Å²) in [4.78, 5) is 14.9. The van der Waals surface area contributed by atoms with Gasteiger partial charge in [-0.25, -0.2) is 0 Å². The van der Waals surface area contributed by atoms with Crippen molar-refractivity contribution in [3.05, 3.63) is 66.7 Å². The lowest BCUT2D eigenvalue weighted by molar-refractivity contribution is -0.122. The molecule has 0 spiro atoms. The number of likely N-dealkylation sites (tertiary alicyclic amines) is 1. The van der Waals surface area contributed by atoms with Crippen molar-refractivity contribution in [1.29, 1.82) is 0 Å². The van der Waals surface area contributed by atoms with Gasteiger partial charge in [0.2, 0.25) is 0 Å². The van der Waals surface area contributed by atoms with Gasteiger partial charge < -0.3 is 19.7 Å². The Kier molecular flexibility index (Phi) is 6.19. The SMILES string of the molecule is C[C@H](Oc1cccc2ccccc12)C(=O)Nc1ccc(OC2CCN(C)CC2)cc1. The van der Waals surface area contributed by atoms with Gasteiger partial charge in [0.1, 0.15) is 17.6 Å². The molecule has 0 saturated carbocycles. The number of carbonyl (C=O) groups excluding carboxylic acids is 1. The van der Waals surface area contributed by atoms with Crippen molar-refractivity contribution in [3.8, 4) is 11.5 Å².